The summed E-state index contributed by atoms with van der Waals surface area (Å²) in [5, 5.41) is 1.07. The summed E-state index contributed by atoms with van der Waals surface area (Å²) in [6.45, 7) is 12.1. The number of carbonyl (C=O) groups excluding carboxylic acids is 1. The zero-order chi connectivity index (χ0) is 22.4. The maximum absolute atomic E-state index is 12.3. The Morgan fingerprint density at radius 2 is 1.94 bits per heavy atom. The average molecular weight is 425 g/mol. The third-order valence-electron chi connectivity index (χ3n) is 5.58. The van der Waals surface area contributed by atoms with Gasteiger partial charge in [-0.1, -0.05) is 31.6 Å². The molecule has 5 nitrogen and oxygen atoms in total. The van der Waals surface area contributed by atoms with Crippen LogP contribution in [0.5, 0.6) is 5.75 Å². The maximum Gasteiger partial charge on any atom is 0.410 e. The summed E-state index contributed by atoms with van der Waals surface area (Å²) in [4.78, 5) is 19.0. The van der Waals surface area contributed by atoms with Gasteiger partial charge in [0.2, 0.25) is 0 Å². The number of nitrogens with zero attached hydrogens (tertiary/aromatic N) is 2. The molecule has 5 heteroatoms. The second-order valence-electron chi connectivity index (χ2n) is 9.33. The number of fused-ring (bicyclic) bond motifs is 1. The number of rotatable bonds is 6. The van der Waals surface area contributed by atoms with Crippen molar-refractivity contribution in [2.75, 3.05) is 19.7 Å². The molecule has 0 saturated carbocycles. The van der Waals surface area contributed by atoms with Crippen molar-refractivity contribution >= 4 is 23.1 Å². The van der Waals surface area contributed by atoms with Crippen LogP contribution in [0.4, 0.5) is 4.79 Å². The standard InChI is InChI=1S/C26H36N2O3/c1-6-7-18-30-24-19(2)22(27-23-11-9-8-10-21(23)24)13-12-20-14-16-28(17-15-20)25(29)31-26(3,4)5/h8-13,20H,6-7,14-18H2,1-5H3/b13-12+. The van der Waals surface area contributed by atoms with Crippen LogP contribution in [0.3, 0.4) is 0 Å². The second-order valence-corrected chi connectivity index (χ2v) is 9.33. The summed E-state index contributed by atoms with van der Waals surface area (Å²) in [7, 11) is 0. The van der Waals surface area contributed by atoms with E-state index in [1.165, 1.54) is 0 Å². The van der Waals surface area contributed by atoms with Crippen molar-refractivity contribution in [3.05, 3.63) is 41.6 Å². The van der Waals surface area contributed by atoms with Crippen molar-refractivity contribution in [2.45, 2.75) is 65.9 Å². The molecule has 1 aliphatic rings. The van der Waals surface area contributed by atoms with Crippen LogP contribution >= 0.6 is 0 Å². The lowest BCUT2D eigenvalue weighted by Crippen LogP contribution is -2.41. The van der Waals surface area contributed by atoms with E-state index in [4.69, 9.17) is 14.5 Å². The lowest BCUT2D eigenvalue weighted by molar-refractivity contribution is 0.0197. The molecule has 0 atom stereocenters. The van der Waals surface area contributed by atoms with Crippen molar-refractivity contribution < 1.29 is 14.3 Å². The molecule has 1 aliphatic heterocycles. The molecule has 2 aromatic rings. The summed E-state index contributed by atoms with van der Waals surface area (Å²) in [6, 6.07) is 8.17. The van der Waals surface area contributed by atoms with Gasteiger partial charge in [0.05, 0.1) is 17.8 Å². The summed E-state index contributed by atoms with van der Waals surface area (Å²) in [5.74, 6) is 1.37. The van der Waals surface area contributed by atoms with Crippen molar-refractivity contribution in [2.24, 2.45) is 5.92 Å². The Kier molecular flexibility index (Phi) is 7.58. The molecule has 1 aromatic heterocycles. The topological polar surface area (TPSA) is 51.7 Å². The van der Waals surface area contributed by atoms with E-state index >= 15 is 0 Å². The fraction of sp³-hybridized carbons (Fsp3) is 0.538. The Morgan fingerprint density at radius 3 is 2.61 bits per heavy atom. The van der Waals surface area contributed by atoms with Gasteiger partial charge in [-0.15, -0.1) is 0 Å². The van der Waals surface area contributed by atoms with Crippen molar-refractivity contribution in [1.82, 2.24) is 9.88 Å². The van der Waals surface area contributed by atoms with Gasteiger partial charge in [-0.2, -0.15) is 0 Å². The minimum atomic E-state index is -0.454. The Bertz CT molecular complexity index is 922. The van der Waals surface area contributed by atoms with Crippen molar-refractivity contribution in [1.29, 1.82) is 0 Å². The lowest BCUT2D eigenvalue weighted by Gasteiger charge is -2.32. The fourth-order valence-corrected chi connectivity index (χ4v) is 3.79. The molecule has 0 radical (unpaired) electrons. The first-order valence-electron chi connectivity index (χ1n) is 11.5. The van der Waals surface area contributed by atoms with E-state index in [1.54, 1.807) is 0 Å². The summed E-state index contributed by atoms with van der Waals surface area (Å²) < 4.78 is 11.7. The molecule has 0 N–H and O–H groups in total. The molecular formula is C26H36N2O3. The van der Waals surface area contributed by atoms with E-state index in [0.717, 1.165) is 73.3 Å². The van der Waals surface area contributed by atoms with Crippen LogP contribution in [-0.4, -0.2) is 41.3 Å². The highest BCUT2D eigenvalue weighted by Crippen LogP contribution is 2.32. The average Bonchev–Trinajstić information content (AvgIpc) is 2.73. The number of piperidine rings is 1. The molecule has 31 heavy (non-hydrogen) atoms. The number of aromatic nitrogens is 1. The molecule has 1 amide bonds. The number of carbonyl (C=O) groups is 1. The van der Waals surface area contributed by atoms with Crippen LogP contribution < -0.4 is 4.74 Å². The zero-order valence-corrected chi connectivity index (χ0v) is 19.6. The second kappa shape index (κ2) is 10.2. The third kappa shape index (κ3) is 6.22. The van der Waals surface area contributed by atoms with E-state index < -0.39 is 5.60 Å². The summed E-state index contributed by atoms with van der Waals surface area (Å²) in [5.41, 5.74) is 2.54. The van der Waals surface area contributed by atoms with Gasteiger partial charge in [0.25, 0.3) is 0 Å². The smallest absolute Gasteiger partial charge is 0.410 e. The molecule has 0 aliphatic carbocycles. The molecule has 0 bridgehead atoms. The largest absolute Gasteiger partial charge is 0.493 e. The number of amides is 1. The fourth-order valence-electron chi connectivity index (χ4n) is 3.79. The van der Waals surface area contributed by atoms with E-state index in [-0.39, 0.29) is 6.09 Å². The third-order valence-corrected chi connectivity index (χ3v) is 5.58. The van der Waals surface area contributed by atoms with Gasteiger partial charge in [-0.25, -0.2) is 9.78 Å². The number of benzene rings is 1. The van der Waals surface area contributed by atoms with Gasteiger partial charge in [0, 0.05) is 24.0 Å². The number of likely N-dealkylation sites (tertiary alicyclic amines) is 1. The number of unbranched alkanes of at least 4 members (excludes halogenated alkanes) is 1. The molecule has 2 heterocycles. The van der Waals surface area contributed by atoms with Crippen LogP contribution in [0, 0.1) is 12.8 Å². The number of hydrogen-bond donors (Lipinski definition) is 0. The van der Waals surface area contributed by atoms with Crippen LogP contribution in [0.25, 0.3) is 17.0 Å². The molecule has 1 fully saturated rings. The molecule has 0 spiro atoms. The van der Waals surface area contributed by atoms with Gasteiger partial charge in [0.15, 0.2) is 0 Å². The van der Waals surface area contributed by atoms with Crippen molar-refractivity contribution in [3.63, 3.8) is 0 Å². The van der Waals surface area contributed by atoms with Crippen LogP contribution in [-0.2, 0) is 4.74 Å². The minimum absolute atomic E-state index is 0.212. The number of allylic oxidation sites excluding steroid dienone is 1. The summed E-state index contributed by atoms with van der Waals surface area (Å²) in [6.07, 6.45) is 8.17. The molecule has 0 unspecified atom stereocenters. The Hall–Kier alpha value is -2.56. The predicted octanol–water partition coefficient (Wildman–Crippen LogP) is 6.38. The van der Waals surface area contributed by atoms with Crippen LogP contribution in [0.1, 0.15) is 64.6 Å². The van der Waals surface area contributed by atoms with Gasteiger partial charge < -0.3 is 14.4 Å². The lowest BCUT2D eigenvalue weighted by atomic mass is 9.96. The quantitative estimate of drug-likeness (QED) is 0.505. The molecule has 1 aromatic carbocycles. The number of ether oxygens (including phenoxy) is 2. The van der Waals surface area contributed by atoms with Gasteiger partial charge in [-0.05, 0) is 71.1 Å². The van der Waals surface area contributed by atoms with Gasteiger partial charge in [0.1, 0.15) is 11.4 Å². The van der Waals surface area contributed by atoms with Crippen LogP contribution in [0.15, 0.2) is 30.3 Å². The maximum atomic E-state index is 12.3. The van der Waals surface area contributed by atoms with Gasteiger partial charge in [-0.3, -0.25) is 0 Å². The molecule has 1 saturated heterocycles. The Labute approximate surface area is 186 Å². The Morgan fingerprint density at radius 1 is 1.23 bits per heavy atom. The Balaban J connectivity index is 1.70. The first-order valence-corrected chi connectivity index (χ1v) is 11.5. The van der Waals surface area contributed by atoms with E-state index in [0.29, 0.717) is 5.92 Å². The molecular weight excluding hydrogens is 388 g/mol. The van der Waals surface area contributed by atoms with Gasteiger partial charge >= 0.3 is 6.09 Å². The highest BCUT2D eigenvalue weighted by molar-refractivity contribution is 5.88. The number of hydrogen-bond acceptors (Lipinski definition) is 4. The number of para-hydroxylation sites is 1. The van der Waals surface area contributed by atoms with E-state index in [1.807, 2.05) is 43.9 Å². The normalized spacial score (nSPS) is 15.6. The first-order chi connectivity index (χ1) is 14.8. The predicted molar refractivity (Wildman–Crippen MR) is 126 cm³/mol. The number of pyridine rings is 1. The monoisotopic (exact) mass is 424 g/mol. The van der Waals surface area contributed by atoms with Crippen molar-refractivity contribution in [3.8, 4) is 5.75 Å². The highest BCUT2D eigenvalue weighted by Gasteiger charge is 2.26. The van der Waals surface area contributed by atoms with E-state index in [2.05, 4.69) is 32.1 Å². The minimum Gasteiger partial charge on any atom is -0.493 e. The molecule has 3 rings (SSSR count). The summed E-state index contributed by atoms with van der Waals surface area (Å²) >= 11 is 0. The first kappa shape index (κ1) is 23.1. The van der Waals surface area contributed by atoms with E-state index in [9.17, 15) is 4.79 Å². The van der Waals surface area contributed by atoms with Crippen LogP contribution in [0.2, 0.25) is 0 Å². The highest BCUT2D eigenvalue weighted by atomic mass is 16.6. The zero-order valence-electron chi connectivity index (χ0n) is 19.6. The molecule has 168 valence electrons. The SMILES string of the molecule is CCCCOc1c(C)c(/C=C/C2CCN(C(=O)OC(C)(C)C)CC2)nc2ccccc12.